The van der Waals surface area contributed by atoms with Crippen LogP contribution in [-0.4, -0.2) is 14.8 Å². The van der Waals surface area contributed by atoms with Gasteiger partial charge in [0.15, 0.2) is 11.0 Å². The number of rotatable bonds is 5. The second kappa shape index (κ2) is 8.21. The highest BCUT2D eigenvalue weighted by Gasteiger charge is 2.18. The number of nitrogens with zero attached hydrogens (tertiary/aromatic N) is 3. The minimum atomic E-state index is 0.665. The summed E-state index contributed by atoms with van der Waals surface area (Å²) in [5.74, 6) is 1.58. The Kier molecular flexibility index (Phi) is 5.51. The summed E-state index contributed by atoms with van der Waals surface area (Å²) in [6, 6.07) is 24.7. The molecule has 0 saturated heterocycles. The lowest BCUT2D eigenvalue weighted by atomic mass is 10.2. The zero-order chi connectivity index (χ0) is 19.5. The third-order valence-electron chi connectivity index (χ3n) is 4.49. The van der Waals surface area contributed by atoms with Crippen molar-refractivity contribution in [1.29, 1.82) is 0 Å². The van der Waals surface area contributed by atoms with E-state index in [1.54, 1.807) is 11.8 Å². The summed E-state index contributed by atoms with van der Waals surface area (Å²) >= 11 is 8.13. The first kappa shape index (κ1) is 18.8. The molecule has 4 aromatic rings. The fraction of sp³-hybridized carbons (Fsp3) is 0.130. The highest BCUT2D eigenvalue weighted by atomic mass is 35.5. The molecule has 0 saturated carbocycles. The molecule has 0 radical (unpaired) electrons. The van der Waals surface area contributed by atoms with Gasteiger partial charge in [-0.15, -0.1) is 10.2 Å². The van der Waals surface area contributed by atoms with Gasteiger partial charge in [-0.05, 0) is 43.7 Å². The number of thioether (sulfide) groups is 1. The molecule has 0 aliphatic heterocycles. The predicted molar refractivity (Wildman–Crippen MR) is 117 cm³/mol. The maximum atomic E-state index is 6.46. The Morgan fingerprint density at radius 3 is 2.39 bits per heavy atom. The fourth-order valence-corrected chi connectivity index (χ4v) is 4.17. The van der Waals surface area contributed by atoms with E-state index in [1.165, 1.54) is 16.7 Å². The van der Waals surface area contributed by atoms with Crippen LogP contribution in [0.25, 0.3) is 17.1 Å². The lowest BCUT2D eigenvalue weighted by Crippen LogP contribution is -2.00. The third-order valence-corrected chi connectivity index (χ3v) is 5.82. The smallest absolute Gasteiger partial charge is 0.196 e. The van der Waals surface area contributed by atoms with E-state index in [4.69, 9.17) is 11.6 Å². The monoisotopic (exact) mass is 405 g/mol. The lowest BCUT2D eigenvalue weighted by Gasteiger charge is -2.11. The van der Waals surface area contributed by atoms with Gasteiger partial charge < -0.3 is 0 Å². The van der Waals surface area contributed by atoms with E-state index in [0.717, 1.165) is 28.0 Å². The van der Waals surface area contributed by atoms with Crippen LogP contribution in [0.2, 0.25) is 5.02 Å². The maximum Gasteiger partial charge on any atom is 0.196 e. The SMILES string of the molecule is Cc1ccc(-n2c(SCc3cccc(C)c3)nnc2-c2ccccc2Cl)cc1. The van der Waals surface area contributed by atoms with Gasteiger partial charge in [-0.2, -0.15) is 0 Å². The van der Waals surface area contributed by atoms with Crippen molar-refractivity contribution in [3.05, 3.63) is 94.5 Å². The molecule has 0 spiro atoms. The van der Waals surface area contributed by atoms with Crippen LogP contribution in [0.5, 0.6) is 0 Å². The van der Waals surface area contributed by atoms with E-state index in [0.29, 0.717) is 5.02 Å². The van der Waals surface area contributed by atoms with Crippen LogP contribution < -0.4 is 0 Å². The molecule has 28 heavy (non-hydrogen) atoms. The highest BCUT2D eigenvalue weighted by Crippen LogP contribution is 2.33. The topological polar surface area (TPSA) is 30.7 Å². The van der Waals surface area contributed by atoms with Crippen LogP contribution in [-0.2, 0) is 5.75 Å². The van der Waals surface area contributed by atoms with Crippen molar-refractivity contribution in [2.24, 2.45) is 0 Å². The van der Waals surface area contributed by atoms with E-state index in [1.807, 2.05) is 24.3 Å². The lowest BCUT2D eigenvalue weighted by molar-refractivity contribution is 0.885. The van der Waals surface area contributed by atoms with Gasteiger partial charge in [0.25, 0.3) is 0 Å². The molecule has 0 amide bonds. The molecule has 1 heterocycles. The minimum Gasteiger partial charge on any atom is -0.270 e. The molecular weight excluding hydrogens is 386 g/mol. The van der Waals surface area contributed by atoms with Crippen molar-refractivity contribution in [1.82, 2.24) is 14.8 Å². The molecular formula is C23H20ClN3S. The highest BCUT2D eigenvalue weighted by molar-refractivity contribution is 7.98. The van der Waals surface area contributed by atoms with Crippen molar-refractivity contribution >= 4 is 23.4 Å². The number of hydrogen-bond donors (Lipinski definition) is 0. The first-order valence-corrected chi connectivity index (χ1v) is 10.4. The van der Waals surface area contributed by atoms with E-state index >= 15 is 0 Å². The number of halogens is 1. The number of aryl methyl sites for hydroxylation is 2. The van der Waals surface area contributed by atoms with E-state index < -0.39 is 0 Å². The van der Waals surface area contributed by atoms with Gasteiger partial charge in [-0.1, -0.05) is 83.0 Å². The molecule has 0 fully saturated rings. The Bertz CT molecular complexity index is 1100. The van der Waals surface area contributed by atoms with Gasteiger partial charge in [0.05, 0.1) is 5.02 Å². The summed E-state index contributed by atoms with van der Waals surface area (Å²) in [6.45, 7) is 4.19. The van der Waals surface area contributed by atoms with Crippen LogP contribution in [0.15, 0.2) is 78.0 Å². The van der Waals surface area contributed by atoms with Crippen molar-refractivity contribution < 1.29 is 0 Å². The molecule has 1 aromatic heterocycles. The van der Waals surface area contributed by atoms with E-state index in [-0.39, 0.29) is 0 Å². The summed E-state index contributed by atoms with van der Waals surface area (Å²) in [5.41, 5.74) is 5.64. The molecule has 0 atom stereocenters. The first-order chi connectivity index (χ1) is 13.6. The van der Waals surface area contributed by atoms with Crippen LogP contribution in [0.4, 0.5) is 0 Å². The number of benzene rings is 3. The molecule has 0 aliphatic carbocycles. The average molecular weight is 406 g/mol. The molecule has 3 aromatic carbocycles. The Labute approximate surface area is 174 Å². The minimum absolute atomic E-state index is 0.665. The second-order valence-corrected chi connectivity index (χ2v) is 8.08. The quantitative estimate of drug-likeness (QED) is 0.355. The largest absolute Gasteiger partial charge is 0.270 e. The summed E-state index contributed by atoms with van der Waals surface area (Å²) in [4.78, 5) is 0. The second-order valence-electron chi connectivity index (χ2n) is 6.73. The third kappa shape index (κ3) is 3.98. The molecule has 0 N–H and O–H groups in total. The Hall–Kier alpha value is -2.56. The van der Waals surface area contributed by atoms with Gasteiger partial charge >= 0.3 is 0 Å². The maximum absolute atomic E-state index is 6.46. The molecule has 140 valence electrons. The summed E-state index contributed by atoms with van der Waals surface area (Å²) in [5, 5.41) is 10.5. The zero-order valence-electron chi connectivity index (χ0n) is 15.8. The summed E-state index contributed by atoms with van der Waals surface area (Å²) in [7, 11) is 0. The summed E-state index contributed by atoms with van der Waals surface area (Å²) in [6.07, 6.45) is 0. The van der Waals surface area contributed by atoms with E-state index in [9.17, 15) is 0 Å². The van der Waals surface area contributed by atoms with Gasteiger partial charge in [0, 0.05) is 17.0 Å². The van der Waals surface area contributed by atoms with Crippen LogP contribution in [0.3, 0.4) is 0 Å². The molecule has 4 rings (SSSR count). The van der Waals surface area contributed by atoms with Gasteiger partial charge in [-0.25, -0.2) is 0 Å². The predicted octanol–water partition coefficient (Wildman–Crippen LogP) is 6.50. The van der Waals surface area contributed by atoms with Crippen LogP contribution >= 0.6 is 23.4 Å². The molecule has 5 heteroatoms. The average Bonchev–Trinajstić information content (AvgIpc) is 3.11. The van der Waals surface area contributed by atoms with E-state index in [2.05, 4.69) is 77.1 Å². The number of aromatic nitrogens is 3. The molecule has 3 nitrogen and oxygen atoms in total. The Morgan fingerprint density at radius 1 is 0.857 bits per heavy atom. The van der Waals surface area contributed by atoms with Crippen molar-refractivity contribution in [3.63, 3.8) is 0 Å². The number of hydrogen-bond acceptors (Lipinski definition) is 3. The van der Waals surface area contributed by atoms with Gasteiger partial charge in [-0.3, -0.25) is 4.57 Å². The normalized spacial score (nSPS) is 11.0. The van der Waals surface area contributed by atoms with Crippen molar-refractivity contribution in [3.8, 4) is 17.1 Å². The Balaban J connectivity index is 1.76. The van der Waals surface area contributed by atoms with Crippen LogP contribution in [0, 0.1) is 13.8 Å². The fourth-order valence-electron chi connectivity index (χ4n) is 3.06. The Morgan fingerprint density at radius 2 is 1.64 bits per heavy atom. The first-order valence-electron chi connectivity index (χ1n) is 9.07. The zero-order valence-corrected chi connectivity index (χ0v) is 17.3. The van der Waals surface area contributed by atoms with Crippen molar-refractivity contribution in [2.75, 3.05) is 0 Å². The standard InChI is InChI=1S/C23H20ClN3S/c1-16-10-12-19(13-11-16)27-22(20-8-3-4-9-21(20)24)25-26-23(27)28-15-18-7-5-6-17(2)14-18/h3-14H,15H2,1-2H3. The van der Waals surface area contributed by atoms with Gasteiger partial charge in [0.2, 0.25) is 0 Å². The van der Waals surface area contributed by atoms with Crippen LogP contribution in [0.1, 0.15) is 16.7 Å². The molecule has 0 aliphatic rings. The van der Waals surface area contributed by atoms with Crippen molar-refractivity contribution in [2.45, 2.75) is 24.8 Å². The molecule has 0 bridgehead atoms. The molecule has 0 unspecified atom stereocenters. The van der Waals surface area contributed by atoms with Gasteiger partial charge in [0.1, 0.15) is 0 Å². The summed E-state index contributed by atoms with van der Waals surface area (Å²) < 4.78 is 2.08.